The summed E-state index contributed by atoms with van der Waals surface area (Å²) < 4.78 is 3.77. The number of pyridine rings is 1. The van der Waals surface area contributed by atoms with E-state index in [1.165, 1.54) is 18.5 Å². The molecule has 1 fully saturated rings. The summed E-state index contributed by atoms with van der Waals surface area (Å²) in [6.07, 6.45) is 5.16. The van der Waals surface area contributed by atoms with E-state index in [-0.39, 0.29) is 0 Å². The number of aromatic nitrogens is 5. The molecule has 0 amide bonds. The van der Waals surface area contributed by atoms with E-state index in [4.69, 9.17) is 4.98 Å². The van der Waals surface area contributed by atoms with Crippen LogP contribution in [0.3, 0.4) is 0 Å². The molecule has 7 nitrogen and oxygen atoms in total. The largest absolute Gasteiger partial charge is 0.371 e. The summed E-state index contributed by atoms with van der Waals surface area (Å²) in [6.45, 7) is 6.26. The summed E-state index contributed by atoms with van der Waals surface area (Å²) in [5.74, 6) is 1.54. The van der Waals surface area contributed by atoms with Crippen molar-refractivity contribution in [3.63, 3.8) is 0 Å². The van der Waals surface area contributed by atoms with Gasteiger partial charge in [0.1, 0.15) is 18.2 Å². The van der Waals surface area contributed by atoms with Crippen LogP contribution >= 0.6 is 0 Å². The fraction of sp³-hybridized carbons (Fsp3) is 0.304. The Labute approximate surface area is 175 Å². The number of fused-ring (bicyclic) bond motifs is 1. The van der Waals surface area contributed by atoms with Gasteiger partial charge >= 0.3 is 0 Å². The zero-order valence-electron chi connectivity index (χ0n) is 17.2. The second kappa shape index (κ2) is 7.30. The SMILES string of the molecule is CCc1ccc(-n2cnc3cc(N4CCCC4)ccc32)nc1-n1nc(C#N)cc1C. The molecule has 1 saturated heterocycles. The first-order chi connectivity index (χ1) is 14.7. The Morgan fingerprint density at radius 3 is 2.67 bits per heavy atom. The molecule has 4 aromatic rings. The van der Waals surface area contributed by atoms with Gasteiger partial charge in [-0.2, -0.15) is 10.4 Å². The summed E-state index contributed by atoms with van der Waals surface area (Å²) in [7, 11) is 0. The average Bonchev–Trinajstić information content (AvgIpc) is 3.52. The maximum Gasteiger partial charge on any atom is 0.163 e. The highest BCUT2D eigenvalue weighted by Crippen LogP contribution is 2.26. The summed E-state index contributed by atoms with van der Waals surface area (Å²) >= 11 is 0. The molecule has 30 heavy (non-hydrogen) atoms. The van der Waals surface area contributed by atoms with Crippen LogP contribution in [0.2, 0.25) is 0 Å². The van der Waals surface area contributed by atoms with Gasteiger partial charge < -0.3 is 4.90 Å². The smallest absolute Gasteiger partial charge is 0.163 e. The van der Waals surface area contributed by atoms with E-state index in [9.17, 15) is 5.26 Å². The van der Waals surface area contributed by atoms with E-state index in [0.29, 0.717) is 5.69 Å². The molecule has 150 valence electrons. The predicted octanol–water partition coefficient (Wildman–Crippen LogP) is 3.95. The lowest BCUT2D eigenvalue weighted by atomic mass is 10.2. The van der Waals surface area contributed by atoms with E-state index >= 15 is 0 Å². The Kier molecular flexibility index (Phi) is 4.47. The Balaban J connectivity index is 1.59. The molecule has 0 radical (unpaired) electrons. The number of nitrogens with zero attached hydrogens (tertiary/aromatic N) is 7. The van der Waals surface area contributed by atoms with Crippen LogP contribution in [-0.2, 0) is 6.42 Å². The molecular weight excluding hydrogens is 374 g/mol. The van der Waals surface area contributed by atoms with E-state index in [1.54, 1.807) is 10.7 Å². The normalized spacial score (nSPS) is 13.8. The minimum Gasteiger partial charge on any atom is -0.371 e. The Bertz CT molecular complexity index is 1270. The lowest BCUT2D eigenvalue weighted by Gasteiger charge is -2.17. The van der Waals surface area contributed by atoms with Gasteiger partial charge in [0.05, 0.1) is 11.0 Å². The van der Waals surface area contributed by atoms with Crippen molar-refractivity contribution in [2.45, 2.75) is 33.1 Å². The number of nitriles is 1. The van der Waals surface area contributed by atoms with Crippen molar-refractivity contribution in [1.82, 2.24) is 24.3 Å². The van der Waals surface area contributed by atoms with Crippen LogP contribution in [0.4, 0.5) is 5.69 Å². The number of benzene rings is 1. The van der Waals surface area contributed by atoms with Crippen molar-refractivity contribution in [2.75, 3.05) is 18.0 Å². The van der Waals surface area contributed by atoms with Crippen LogP contribution < -0.4 is 4.90 Å². The van der Waals surface area contributed by atoms with Crippen LogP contribution in [0, 0.1) is 18.3 Å². The number of anilines is 1. The molecule has 1 aliphatic heterocycles. The van der Waals surface area contributed by atoms with Gasteiger partial charge in [-0.25, -0.2) is 14.6 Å². The second-order valence-electron chi connectivity index (χ2n) is 7.68. The molecule has 3 aromatic heterocycles. The molecule has 5 rings (SSSR count). The molecule has 0 atom stereocenters. The average molecular weight is 397 g/mol. The first-order valence-corrected chi connectivity index (χ1v) is 10.4. The zero-order valence-corrected chi connectivity index (χ0v) is 17.2. The van der Waals surface area contributed by atoms with Gasteiger partial charge in [-0.1, -0.05) is 13.0 Å². The fourth-order valence-electron chi connectivity index (χ4n) is 4.16. The van der Waals surface area contributed by atoms with Crippen LogP contribution in [0.25, 0.3) is 22.7 Å². The number of aryl methyl sites for hydroxylation is 2. The lowest BCUT2D eigenvalue weighted by molar-refractivity contribution is 0.790. The molecular formula is C23H23N7. The molecule has 0 aliphatic carbocycles. The minimum atomic E-state index is 0.393. The molecule has 7 heteroatoms. The van der Waals surface area contributed by atoms with Crippen LogP contribution in [-0.4, -0.2) is 37.4 Å². The molecule has 0 spiro atoms. The standard InChI is InChI=1S/C23H23N7/c1-3-17-6-9-22(26-23(17)30-16(2)12-18(14-24)27-30)29-15-25-20-13-19(7-8-21(20)29)28-10-4-5-11-28/h6-9,12-13,15H,3-5,10-11H2,1-2H3. The summed E-state index contributed by atoms with van der Waals surface area (Å²) in [4.78, 5) is 12.0. The highest BCUT2D eigenvalue weighted by Gasteiger charge is 2.16. The van der Waals surface area contributed by atoms with Gasteiger partial charge in [-0.05, 0) is 62.1 Å². The maximum atomic E-state index is 9.21. The van der Waals surface area contributed by atoms with Crippen molar-refractivity contribution >= 4 is 16.7 Å². The van der Waals surface area contributed by atoms with E-state index in [1.807, 2.05) is 23.9 Å². The molecule has 0 saturated carbocycles. The Morgan fingerprint density at radius 2 is 1.93 bits per heavy atom. The van der Waals surface area contributed by atoms with E-state index < -0.39 is 0 Å². The lowest BCUT2D eigenvalue weighted by Crippen LogP contribution is -2.17. The third kappa shape index (κ3) is 3.01. The van der Waals surface area contributed by atoms with Crippen molar-refractivity contribution in [2.24, 2.45) is 0 Å². The maximum absolute atomic E-state index is 9.21. The van der Waals surface area contributed by atoms with E-state index in [2.05, 4.69) is 52.2 Å². The number of rotatable bonds is 4. The second-order valence-corrected chi connectivity index (χ2v) is 7.68. The molecule has 0 N–H and O–H groups in total. The topological polar surface area (TPSA) is 75.6 Å². The quantitative estimate of drug-likeness (QED) is 0.521. The third-order valence-electron chi connectivity index (χ3n) is 5.77. The highest BCUT2D eigenvalue weighted by molar-refractivity contribution is 5.81. The van der Waals surface area contributed by atoms with Gasteiger partial charge in [0.2, 0.25) is 0 Å². The van der Waals surface area contributed by atoms with E-state index in [0.717, 1.165) is 53.4 Å². The fourth-order valence-corrected chi connectivity index (χ4v) is 4.16. The highest BCUT2D eigenvalue weighted by atomic mass is 15.3. The molecule has 4 heterocycles. The molecule has 1 aromatic carbocycles. The third-order valence-corrected chi connectivity index (χ3v) is 5.77. The van der Waals surface area contributed by atoms with Crippen LogP contribution in [0.15, 0.2) is 42.7 Å². The van der Waals surface area contributed by atoms with Gasteiger partial charge in [-0.3, -0.25) is 4.57 Å². The predicted molar refractivity (Wildman–Crippen MR) is 116 cm³/mol. The van der Waals surface area contributed by atoms with Crippen molar-refractivity contribution < 1.29 is 0 Å². The summed E-state index contributed by atoms with van der Waals surface area (Å²) in [6, 6.07) is 14.4. The van der Waals surface area contributed by atoms with Crippen LogP contribution in [0.1, 0.15) is 36.7 Å². The zero-order chi connectivity index (χ0) is 20.7. The number of hydrogen-bond donors (Lipinski definition) is 0. The first-order valence-electron chi connectivity index (χ1n) is 10.4. The number of hydrogen-bond acceptors (Lipinski definition) is 5. The van der Waals surface area contributed by atoms with Crippen molar-refractivity contribution in [3.05, 3.63) is 59.7 Å². The Morgan fingerprint density at radius 1 is 1.10 bits per heavy atom. The summed E-state index contributed by atoms with van der Waals surface area (Å²) in [5.41, 5.74) is 5.58. The first kappa shape index (κ1) is 18.4. The summed E-state index contributed by atoms with van der Waals surface area (Å²) in [5, 5.41) is 13.6. The molecule has 0 bridgehead atoms. The van der Waals surface area contributed by atoms with Gasteiger partial charge in [0.25, 0.3) is 0 Å². The Hall–Kier alpha value is -3.66. The van der Waals surface area contributed by atoms with Crippen molar-refractivity contribution in [3.8, 4) is 17.7 Å². The molecule has 0 unspecified atom stereocenters. The van der Waals surface area contributed by atoms with Crippen LogP contribution in [0.5, 0.6) is 0 Å². The van der Waals surface area contributed by atoms with Crippen molar-refractivity contribution in [1.29, 1.82) is 5.26 Å². The number of imidazole rings is 1. The van der Waals surface area contributed by atoms with Gasteiger partial charge in [-0.15, -0.1) is 0 Å². The van der Waals surface area contributed by atoms with Gasteiger partial charge in [0, 0.05) is 24.5 Å². The minimum absolute atomic E-state index is 0.393. The monoisotopic (exact) mass is 397 g/mol. The molecule has 1 aliphatic rings. The van der Waals surface area contributed by atoms with Gasteiger partial charge in [0.15, 0.2) is 11.5 Å².